The summed E-state index contributed by atoms with van der Waals surface area (Å²) in [5.41, 5.74) is 0. The van der Waals surface area contributed by atoms with Crippen LogP contribution >= 0.6 is 0 Å². The van der Waals surface area contributed by atoms with E-state index in [2.05, 4.69) is 9.47 Å². The van der Waals surface area contributed by atoms with Crippen molar-refractivity contribution in [2.75, 3.05) is 7.11 Å². The molecule has 2 atom stereocenters. The van der Waals surface area contributed by atoms with Crippen LogP contribution in [0.5, 0.6) is 0 Å². The zero-order valence-electron chi connectivity index (χ0n) is 7.37. The number of methoxy groups -OCH3 is 1. The Morgan fingerprint density at radius 2 is 2.17 bits per heavy atom. The molecule has 1 rings (SSSR count). The minimum atomic E-state index is -0.678. The first-order valence-electron chi connectivity index (χ1n) is 3.86. The highest BCUT2D eigenvalue weighted by molar-refractivity contribution is 5.91. The lowest BCUT2D eigenvalue weighted by atomic mass is 9.86. The van der Waals surface area contributed by atoms with Gasteiger partial charge in [0.2, 0.25) is 6.10 Å². The molecule has 4 nitrogen and oxygen atoms in total. The molecule has 0 aromatic rings. The minimum Gasteiger partial charge on any atom is -0.466 e. The zero-order valence-corrected chi connectivity index (χ0v) is 7.37. The van der Waals surface area contributed by atoms with Gasteiger partial charge in [-0.1, -0.05) is 13.8 Å². The molecular weight excluding hydrogens is 160 g/mol. The number of hydrogen-bond donors (Lipinski definition) is 0. The van der Waals surface area contributed by atoms with E-state index in [1.807, 2.05) is 13.8 Å². The Labute approximate surface area is 70.8 Å². The molecule has 1 aliphatic heterocycles. The van der Waals surface area contributed by atoms with E-state index in [1.54, 1.807) is 0 Å². The Bertz CT molecular complexity index is 209. The molecule has 68 valence electrons. The SMILES string of the molecule is COC(=O)[C@@H]1OC(=O)[C@H]1C(C)C. The lowest BCUT2D eigenvalue weighted by Crippen LogP contribution is -2.52. The molecule has 0 aromatic carbocycles. The van der Waals surface area contributed by atoms with Gasteiger partial charge in [-0.15, -0.1) is 0 Å². The van der Waals surface area contributed by atoms with E-state index in [1.165, 1.54) is 7.11 Å². The van der Waals surface area contributed by atoms with Crippen molar-refractivity contribution in [2.45, 2.75) is 20.0 Å². The first-order valence-corrected chi connectivity index (χ1v) is 3.86. The maximum atomic E-state index is 11.0. The monoisotopic (exact) mass is 172 g/mol. The standard InChI is InChI=1S/C8H12O4/c1-4(2)5-6(8(10)11-3)12-7(5)9/h4-6H,1-3H3/t5-,6+/m0/s1. The molecule has 1 fully saturated rings. The summed E-state index contributed by atoms with van der Waals surface area (Å²) in [7, 11) is 1.28. The summed E-state index contributed by atoms with van der Waals surface area (Å²) in [6.07, 6.45) is -0.678. The van der Waals surface area contributed by atoms with E-state index in [0.29, 0.717) is 0 Å². The average Bonchev–Trinajstić information content (AvgIpc) is 1.97. The predicted molar refractivity (Wildman–Crippen MR) is 40.2 cm³/mol. The van der Waals surface area contributed by atoms with Gasteiger partial charge in [0.05, 0.1) is 7.11 Å². The van der Waals surface area contributed by atoms with Gasteiger partial charge in [0.1, 0.15) is 5.92 Å². The summed E-state index contributed by atoms with van der Waals surface area (Å²) in [6, 6.07) is 0. The fraction of sp³-hybridized carbons (Fsp3) is 0.750. The van der Waals surface area contributed by atoms with Crippen molar-refractivity contribution in [1.82, 2.24) is 0 Å². The van der Waals surface area contributed by atoms with Gasteiger partial charge in [0, 0.05) is 0 Å². The lowest BCUT2D eigenvalue weighted by molar-refractivity contribution is -0.200. The van der Waals surface area contributed by atoms with Crippen molar-refractivity contribution < 1.29 is 19.1 Å². The number of carbonyl (C=O) groups is 2. The van der Waals surface area contributed by atoms with Crippen LogP contribution in [0, 0.1) is 11.8 Å². The van der Waals surface area contributed by atoms with Gasteiger partial charge >= 0.3 is 11.9 Å². The van der Waals surface area contributed by atoms with Crippen molar-refractivity contribution in [3.05, 3.63) is 0 Å². The number of esters is 2. The fourth-order valence-corrected chi connectivity index (χ4v) is 1.26. The molecule has 1 aliphatic rings. The quantitative estimate of drug-likeness (QED) is 0.564. The largest absolute Gasteiger partial charge is 0.466 e. The molecule has 1 saturated heterocycles. The Balaban J connectivity index is 2.60. The van der Waals surface area contributed by atoms with E-state index in [4.69, 9.17) is 0 Å². The second-order valence-corrected chi connectivity index (χ2v) is 3.15. The van der Waals surface area contributed by atoms with Crippen molar-refractivity contribution >= 4 is 11.9 Å². The molecule has 0 amide bonds. The third kappa shape index (κ3) is 1.29. The number of carbonyl (C=O) groups excluding carboxylic acids is 2. The van der Waals surface area contributed by atoms with Crippen LogP contribution in [-0.2, 0) is 19.1 Å². The molecule has 0 aliphatic carbocycles. The van der Waals surface area contributed by atoms with Gasteiger partial charge < -0.3 is 9.47 Å². The van der Waals surface area contributed by atoms with Crippen LogP contribution in [0.4, 0.5) is 0 Å². The van der Waals surface area contributed by atoms with Crippen molar-refractivity contribution in [3.63, 3.8) is 0 Å². The highest BCUT2D eigenvalue weighted by atomic mass is 16.6. The summed E-state index contributed by atoms with van der Waals surface area (Å²) >= 11 is 0. The average molecular weight is 172 g/mol. The van der Waals surface area contributed by atoms with E-state index >= 15 is 0 Å². The number of cyclic esters (lactones) is 1. The first kappa shape index (κ1) is 9.03. The Hall–Kier alpha value is -1.06. The third-order valence-electron chi connectivity index (χ3n) is 1.99. The molecule has 4 heteroatoms. The smallest absolute Gasteiger partial charge is 0.348 e. The fourth-order valence-electron chi connectivity index (χ4n) is 1.26. The van der Waals surface area contributed by atoms with Gasteiger partial charge in [-0.05, 0) is 5.92 Å². The molecule has 0 spiro atoms. The highest BCUT2D eigenvalue weighted by Gasteiger charge is 2.49. The van der Waals surface area contributed by atoms with Crippen LogP contribution in [-0.4, -0.2) is 25.2 Å². The van der Waals surface area contributed by atoms with Crippen molar-refractivity contribution in [3.8, 4) is 0 Å². The van der Waals surface area contributed by atoms with Crippen LogP contribution in [0.2, 0.25) is 0 Å². The lowest BCUT2D eigenvalue weighted by Gasteiger charge is -2.35. The second kappa shape index (κ2) is 3.13. The maximum absolute atomic E-state index is 11.0. The van der Waals surface area contributed by atoms with E-state index < -0.39 is 12.1 Å². The number of hydrogen-bond acceptors (Lipinski definition) is 4. The molecule has 0 aromatic heterocycles. The van der Waals surface area contributed by atoms with Gasteiger partial charge in [0.25, 0.3) is 0 Å². The first-order chi connectivity index (χ1) is 5.57. The topological polar surface area (TPSA) is 52.6 Å². The van der Waals surface area contributed by atoms with Crippen LogP contribution < -0.4 is 0 Å². The van der Waals surface area contributed by atoms with E-state index in [9.17, 15) is 9.59 Å². The number of rotatable bonds is 2. The Kier molecular flexibility index (Phi) is 2.35. The van der Waals surface area contributed by atoms with Gasteiger partial charge in [-0.2, -0.15) is 0 Å². The summed E-state index contributed by atoms with van der Waals surface area (Å²) in [5, 5.41) is 0. The molecular formula is C8H12O4. The molecule has 0 bridgehead atoms. The third-order valence-corrected chi connectivity index (χ3v) is 1.99. The Morgan fingerprint density at radius 1 is 1.58 bits per heavy atom. The second-order valence-electron chi connectivity index (χ2n) is 3.15. The van der Waals surface area contributed by atoms with Crippen molar-refractivity contribution in [2.24, 2.45) is 11.8 Å². The van der Waals surface area contributed by atoms with E-state index in [-0.39, 0.29) is 17.8 Å². The van der Waals surface area contributed by atoms with Crippen LogP contribution in [0.25, 0.3) is 0 Å². The van der Waals surface area contributed by atoms with Crippen LogP contribution in [0.15, 0.2) is 0 Å². The predicted octanol–water partition coefficient (Wildman–Crippen LogP) is 0.357. The summed E-state index contributed by atoms with van der Waals surface area (Å²) in [4.78, 5) is 21.8. The summed E-state index contributed by atoms with van der Waals surface area (Å²) in [5.74, 6) is -0.971. The summed E-state index contributed by atoms with van der Waals surface area (Å²) in [6.45, 7) is 3.75. The molecule has 1 heterocycles. The van der Waals surface area contributed by atoms with Gasteiger partial charge in [-0.3, -0.25) is 4.79 Å². The Morgan fingerprint density at radius 3 is 2.50 bits per heavy atom. The normalized spacial score (nSPS) is 27.8. The van der Waals surface area contributed by atoms with Crippen molar-refractivity contribution in [1.29, 1.82) is 0 Å². The minimum absolute atomic E-state index is 0.121. The number of ether oxygens (including phenoxy) is 2. The van der Waals surface area contributed by atoms with Crippen LogP contribution in [0.3, 0.4) is 0 Å². The molecule has 0 N–H and O–H groups in total. The molecule has 0 unspecified atom stereocenters. The highest BCUT2D eigenvalue weighted by Crippen LogP contribution is 2.29. The summed E-state index contributed by atoms with van der Waals surface area (Å²) < 4.78 is 9.12. The molecule has 12 heavy (non-hydrogen) atoms. The van der Waals surface area contributed by atoms with E-state index in [0.717, 1.165) is 0 Å². The van der Waals surface area contributed by atoms with Gasteiger partial charge in [0.15, 0.2) is 0 Å². The van der Waals surface area contributed by atoms with Gasteiger partial charge in [-0.25, -0.2) is 4.79 Å². The molecule has 0 saturated carbocycles. The zero-order chi connectivity index (χ0) is 9.30. The van der Waals surface area contributed by atoms with Crippen LogP contribution in [0.1, 0.15) is 13.8 Å². The molecule has 0 radical (unpaired) electrons. The maximum Gasteiger partial charge on any atom is 0.348 e.